The number of nitrogens with zero attached hydrogens (tertiary/aromatic N) is 1. The summed E-state index contributed by atoms with van der Waals surface area (Å²) in [5.41, 5.74) is -0.634. The third-order valence-electron chi connectivity index (χ3n) is 1.91. The van der Waals surface area contributed by atoms with E-state index in [1.807, 2.05) is 0 Å². The van der Waals surface area contributed by atoms with Gasteiger partial charge in [0.1, 0.15) is 6.26 Å². The maximum absolute atomic E-state index is 11.5. The van der Waals surface area contributed by atoms with E-state index in [1.54, 1.807) is 0 Å². The lowest BCUT2D eigenvalue weighted by molar-refractivity contribution is 0.0379. The number of hydrogen-bond acceptors (Lipinski definition) is 6. The van der Waals surface area contributed by atoms with E-state index < -0.39 is 23.4 Å². The number of aromatic nitrogens is 1. The van der Waals surface area contributed by atoms with E-state index in [9.17, 15) is 19.8 Å². The lowest BCUT2D eigenvalue weighted by Crippen LogP contribution is -2.19. The van der Waals surface area contributed by atoms with Crippen LogP contribution in [0.15, 0.2) is 39.7 Å². The maximum Gasteiger partial charge on any atom is 0.367 e. The van der Waals surface area contributed by atoms with Crippen molar-refractivity contribution in [3.63, 3.8) is 0 Å². The van der Waals surface area contributed by atoms with Crippen molar-refractivity contribution in [3.05, 3.63) is 46.5 Å². The summed E-state index contributed by atoms with van der Waals surface area (Å²) in [6, 6.07) is 4.54. The van der Waals surface area contributed by atoms with Crippen LogP contribution in [0.3, 0.4) is 0 Å². The van der Waals surface area contributed by atoms with Gasteiger partial charge < -0.3 is 19.5 Å². The van der Waals surface area contributed by atoms with Gasteiger partial charge >= 0.3 is 11.6 Å². The van der Waals surface area contributed by atoms with Crippen molar-refractivity contribution in [2.45, 2.75) is 0 Å². The summed E-state index contributed by atoms with van der Waals surface area (Å²) < 4.78 is 5.00. The van der Waals surface area contributed by atoms with Crippen molar-refractivity contribution in [1.82, 2.24) is 4.73 Å². The largest absolute Gasteiger partial charge is 0.492 e. The highest BCUT2D eigenvalue weighted by atomic mass is 16.7. The van der Waals surface area contributed by atoms with Gasteiger partial charge in [-0.3, -0.25) is 0 Å². The standard InChI is InChI=1S/C10H7NO6/c12-7-2-3-8(13)11(7)17-10(15)6-1-4-9(14)16-5-6/h1-5,12-13H. The molecular weight excluding hydrogens is 230 g/mol. The molecule has 2 rings (SSSR count). The summed E-state index contributed by atoms with van der Waals surface area (Å²) in [6.45, 7) is 0. The van der Waals surface area contributed by atoms with Gasteiger partial charge in [-0.25, -0.2) is 9.59 Å². The van der Waals surface area contributed by atoms with Crippen LogP contribution < -0.4 is 10.5 Å². The van der Waals surface area contributed by atoms with Crippen molar-refractivity contribution < 1.29 is 24.3 Å². The molecule has 0 amide bonds. The molecule has 7 nitrogen and oxygen atoms in total. The van der Waals surface area contributed by atoms with Crippen LogP contribution in [0, 0.1) is 0 Å². The second kappa shape index (κ2) is 4.05. The average molecular weight is 237 g/mol. The molecule has 17 heavy (non-hydrogen) atoms. The predicted molar refractivity (Wildman–Crippen MR) is 53.7 cm³/mol. The molecule has 0 bridgehead atoms. The van der Waals surface area contributed by atoms with Gasteiger partial charge in [0, 0.05) is 18.2 Å². The van der Waals surface area contributed by atoms with Gasteiger partial charge in [0.15, 0.2) is 0 Å². The molecule has 0 saturated heterocycles. The van der Waals surface area contributed by atoms with Crippen LogP contribution >= 0.6 is 0 Å². The minimum absolute atomic E-state index is 0.0305. The highest BCUT2D eigenvalue weighted by molar-refractivity contribution is 5.89. The molecule has 2 aromatic rings. The lowest BCUT2D eigenvalue weighted by Gasteiger charge is -2.05. The van der Waals surface area contributed by atoms with Crippen LogP contribution in [0.1, 0.15) is 10.4 Å². The summed E-state index contributed by atoms with van der Waals surface area (Å²) in [5.74, 6) is -1.77. The van der Waals surface area contributed by atoms with Crippen LogP contribution in [-0.4, -0.2) is 20.9 Å². The van der Waals surface area contributed by atoms with Gasteiger partial charge in [0.25, 0.3) is 0 Å². The highest BCUT2D eigenvalue weighted by Gasteiger charge is 2.14. The Morgan fingerprint density at radius 3 is 2.35 bits per heavy atom. The Kier molecular flexibility index (Phi) is 2.57. The van der Waals surface area contributed by atoms with E-state index in [-0.39, 0.29) is 5.56 Å². The Bertz CT molecular complexity index is 572. The highest BCUT2D eigenvalue weighted by Crippen LogP contribution is 2.19. The number of carbonyl (C=O) groups excluding carboxylic acids is 1. The number of hydrogen-bond donors (Lipinski definition) is 2. The van der Waals surface area contributed by atoms with E-state index in [0.717, 1.165) is 24.5 Å². The molecule has 7 heteroatoms. The van der Waals surface area contributed by atoms with Gasteiger partial charge in [-0.1, -0.05) is 0 Å². The summed E-state index contributed by atoms with van der Waals surface area (Å²) in [7, 11) is 0. The molecule has 0 fully saturated rings. The molecule has 2 aromatic heterocycles. The van der Waals surface area contributed by atoms with Gasteiger partial charge in [-0.2, -0.15) is 0 Å². The summed E-state index contributed by atoms with van der Waals surface area (Å²) >= 11 is 0. The third-order valence-corrected chi connectivity index (χ3v) is 1.91. The molecule has 0 atom stereocenters. The molecular formula is C10H7NO6. The Morgan fingerprint density at radius 1 is 1.18 bits per heavy atom. The smallest absolute Gasteiger partial charge is 0.367 e. The van der Waals surface area contributed by atoms with E-state index >= 15 is 0 Å². The summed E-state index contributed by atoms with van der Waals surface area (Å²) in [5, 5.41) is 18.4. The minimum atomic E-state index is -0.893. The molecule has 2 N–H and O–H groups in total. The zero-order valence-electron chi connectivity index (χ0n) is 8.36. The molecule has 0 saturated carbocycles. The summed E-state index contributed by atoms with van der Waals surface area (Å²) in [4.78, 5) is 26.8. The van der Waals surface area contributed by atoms with Gasteiger partial charge in [-0.05, 0) is 6.07 Å². The fourth-order valence-corrected chi connectivity index (χ4v) is 1.11. The van der Waals surface area contributed by atoms with Crippen molar-refractivity contribution in [3.8, 4) is 11.8 Å². The average Bonchev–Trinajstić information content (AvgIpc) is 2.61. The van der Waals surface area contributed by atoms with E-state index in [4.69, 9.17) is 0 Å². The quantitative estimate of drug-likeness (QED) is 0.769. The van der Waals surface area contributed by atoms with Gasteiger partial charge in [-0.15, -0.1) is 4.73 Å². The molecule has 0 aliphatic heterocycles. The zero-order valence-corrected chi connectivity index (χ0v) is 8.36. The van der Waals surface area contributed by atoms with E-state index in [1.165, 1.54) is 6.07 Å². The molecule has 0 aromatic carbocycles. The third kappa shape index (κ3) is 2.12. The van der Waals surface area contributed by atoms with Gasteiger partial charge in [0.2, 0.25) is 11.8 Å². The van der Waals surface area contributed by atoms with Crippen molar-refractivity contribution >= 4 is 5.97 Å². The number of rotatable bonds is 2. The maximum atomic E-state index is 11.5. The van der Waals surface area contributed by atoms with Crippen LogP contribution in [0.4, 0.5) is 0 Å². The van der Waals surface area contributed by atoms with Crippen molar-refractivity contribution in [2.75, 3.05) is 0 Å². The second-order valence-corrected chi connectivity index (χ2v) is 3.07. The molecule has 88 valence electrons. The number of aromatic hydroxyl groups is 2. The first-order valence-electron chi connectivity index (χ1n) is 4.49. The fraction of sp³-hybridized carbons (Fsp3) is 0. The first-order chi connectivity index (χ1) is 8.08. The second-order valence-electron chi connectivity index (χ2n) is 3.07. The molecule has 0 radical (unpaired) electrons. The van der Waals surface area contributed by atoms with Crippen molar-refractivity contribution in [1.29, 1.82) is 0 Å². The monoisotopic (exact) mass is 237 g/mol. The molecule has 2 heterocycles. The van der Waals surface area contributed by atoms with E-state index in [2.05, 4.69) is 9.25 Å². The van der Waals surface area contributed by atoms with Crippen LogP contribution in [-0.2, 0) is 0 Å². The Hall–Kier alpha value is -2.70. The minimum Gasteiger partial charge on any atom is -0.492 e. The number of carbonyl (C=O) groups is 1. The topological polar surface area (TPSA) is 102 Å². The van der Waals surface area contributed by atoms with E-state index in [0.29, 0.717) is 4.73 Å². The zero-order chi connectivity index (χ0) is 12.4. The van der Waals surface area contributed by atoms with Crippen molar-refractivity contribution in [2.24, 2.45) is 0 Å². The Labute approximate surface area is 94.1 Å². The molecule has 0 unspecified atom stereocenters. The molecule has 0 aliphatic carbocycles. The van der Waals surface area contributed by atoms with Crippen LogP contribution in [0.5, 0.6) is 11.8 Å². The van der Waals surface area contributed by atoms with Gasteiger partial charge in [0.05, 0.1) is 5.56 Å². The lowest BCUT2D eigenvalue weighted by atomic mass is 10.3. The SMILES string of the molecule is O=C(On1c(O)ccc1O)c1ccc(=O)oc1. The molecule has 0 spiro atoms. The fourth-order valence-electron chi connectivity index (χ4n) is 1.11. The Balaban J connectivity index is 2.23. The summed E-state index contributed by atoms with van der Waals surface area (Å²) in [6.07, 6.45) is 0.919. The normalized spacial score (nSPS) is 10.1. The first kappa shape index (κ1) is 10.8. The predicted octanol–water partition coefficient (Wildman–Crippen LogP) is 0.121. The Morgan fingerprint density at radius 2 is 1.82 bits per heavy atom. The molecule has 0 aliphatic rings. The van der Waals surface area contributed by atoms with Crippen LogP contribution in [0.2, 0.25) is 0 Å². The van der Waals surface area contributed by atoms with Crippen LogP contribution in [0.25, 0.3) is 0 Å². The first-order valence-corrected chi connectivity index (χ1v) is 4.49.